The molecular formula is C31H34N4O3S. The van der Waals surface area contributed by atoms with Crippen LogP contribution in [-0.4, -0.2) is 56.9 Å². The van der Waals surface area contributed by atoms with Crippen molar-refractivity contribution in [2.24, 2.45) is 4.99 Å². The largest absolute Gasteiger partial charge is 0.611 e. The van der Waals surface area contributed by atoms with Gasteiger partial charge in [-0.2, -0.15) is 0 Å². The van der Waals surface area contributed by atoms with Gasteiger partial charge in [0.1, 0.15) is 17.1 Å². The minimum atomic E-state index is -1.12. The molecule has 0 spiro atoms. The summed E-state index contributed by atoms with van der Waals surface area (Å²) in [4.78, 5) is 12.7. The molecule has 2 fully saturated rings. The standard InChI is InChI=1S/C31H34N4O3S/c1-22(34-31(20-36)15-16-31)29-26(14-19-39(29)37)32-21-35-17-12-25(13-18-35)30-33-27(23-8-4-2-5-9-23)28(38-30)24-10-6-3-7-11-24/h2-11,21,25,34,36H,1,12-20H2/b32-21+. The maximum Gasteiger partial charge on any atom is 0.198 e. The molecule has 3 aliphatic rings. The predicted octanol–water partition coefficient (Wildman–Crippen LogP) is 5.21. The maximum atomic E-state index is 12.7. The fourth-order valence-corrected chi connectivity index (χ4v) is 6.65. The van der Waals surface area contributed by atoms with Crippen LogP contribution in [0.2, 0.25) is 0 Å². The molecule has 2 aliphatic heterocycles. The first-order valence-electron chi connectivity index (χ1n) is 13.6. The molecule has 1 unspecified atom stereocenters. The molecule has 0 amide bonds. The quantitative estimate of drug-likeness (QED) is 0.219. The first kappa shape index (κ1) is 25.9. The van der Waals surface area contributed by atoms with Crippen LogP contribution in [0.1, 0.15) is 43.9 Å². The van der Waals surface area contributed by atoms with Gasteiger partial charge in [-0.3, -0.25) is 0 Å². The number of allylic oxidation sites excluding steroid dienone is 1. The van der Waals surface area contributed by atoms with Crippen LogP contribution in [-0.2, 0) is 11.2 Å². The molecule has 1 aliphatic carbocycles. The van der Waals surface area contributed by atoms with Gasteiger partial charge in [0, 0.05) is 36.6 Å². The van der Waals surface area contributed by atoms with Gasteiger partial charge in [0.25, 0.3) is 0 Å². The van der Waals surface area contributed by atoms with Crippen molar-refractivity contribution in [3.05, 3.63) is 89.4 Å². The molecule has 2 N–H and O–H groups in total. The Hall–Kier alpha value is -3.33. The molecule has 0 bridgehead atoms. The van der Waals surface area contributed by atoms with E-state index < -0.39 is 11.2 Å². The third-order valence-corrected chi connectivity index (χ3v) is 9.36. The van der Waals surface area contributed by atoms with E-state index in [2.05, 4.69) is 41.1 Å². The number of benzene rings is 2. The van der Waals surface area contributed by atoms with Gasteiger partial charge >= 0.3 is 0 Å². The molecule has 2 aromatic carbocycles. The van der Waals surface area contributed by atoms with E-state index in [0.29, 0.717) is 22.8 Å². The molecule has 1 saturated carbocycles. The summed E-state index contributed by atoms with van der Waals surface area (Å²) in [5.41, 5.74) is 4.13. The molecule has 1 saturated heterocycles. The minimum absolute atomic E-state index is 0.0592. The van der Waals surface area contributed by atoms with Crippen LogP contribution in [0.5, 0.6) is 0 Å². The van der Waals surface area contributed by atoms with Crippen molar-refractivity contribution in [1.29, 1.82) is 0 Å². The Balaban J connectivity index is 1.15. The Labute approximate surface area is 232 Å². The number of rotatable bonds is 9. The summed E-state index contributed by atoms with van der Waals surface area (Å²) in [6.07, 6.45) is 6.20. The topological polar surface area (TPSA) is 97.0 Å². The van der Waals surface area contributed by atoms with Gasteiger partial charge in [-0.05, 0) is 36.9 Å². The molecule has 39 heavy (non-hydrogen) atoms. The van der Waals surface area contributed by atoms with Crippen LogP contribution in [0.4, 0.5) is 0 Å². The van der Waals surface area contributed by atoms with E-state index in [1.807, 2.05) is 42.7 Å². The third-order valence-electron chi connectivity index (χ3n) is 7.84. The number of hydrogen-bond acceptors (Lipinski definition) is 6. The summed E-state index contributed by atoms with van der Waals surface area (Å²) in [5, 5.41) is 13.0. The highest BCUT2D eigenvalue weighted by Crippen LogP contribution is 2.39. The summed E-state index contributed by atoms with van der Waals surface area (Å²) in [6.45, 7) is 5.87. The highest BCUT2D eigenvalue weighted by atomic mass is 32.2. The van der Waals surface area contributed by atoms with Crippen molar-refractivity contribution in [2.45, 2.75) is 43.6 Å². The lowest BCUT2D eigenvalue weighted by Crippen LogP contribution is -2.35. The lowest BCUT2D eigenvalue weighted by atomic mass is 9.97. The number of aliphatic hydroxyl groups is 1. The number of piperidine rings is 1. The maximum absolute atomic E-state index is 12.7. The average Bonchev–Trinajstić information content (AvgIpc) is 3.44. The highest BCUT2D eigenvalue weighted by molar-refractivity contribution is 7.95. The number of nitrogens with one attached hydrogen (secondary N) is 1. The van der Waals surface area contributed by atoms with E-state index in [9.17, 15) is 9.66 Å². The Morgan fingerprint density at radius 1 is 1.13 bits per heavy atom. The number of aliphatic imine (C=N–C) groups is 1. The van der Waals surface area contributed by atoms with Gasteiger partial charge in [-0.1, -0.05) is 67.2 Å². The van der Waals surface area contributed by atoms with Gasteiger partial charge in [0.05, 0.1) is 24.2 Å². The van der Waals surface area contributed by atoms with Gasteiger partial charge in [0.15, 0.2) is 16.6 Å². The zero-order chi connectivity index (χ0) is 26.8. The summed E-state index contributed by atoms with van der Waals surface area (Å²) < 4.78 is 19.1. The zero-order valence-electron chi connectivity index (χ0n) is 22.0. The van der Waals surface area contributed by atoms with Crippen LogP contribution in [0, 0.1) is 0 Å². The lowest BCUT2D eigenvalue weighted by Gasteiger charge is -2.28. The molecule has 8 heteroatoms. The van der Waals surface area contributed by atoms with E-state index in [1.165, 1.54) is 0 Å². The van der Waals surface area contributed by atoms with E-state index in [0.717, 1.165) is 72.9 Å². The van der Waals surface area contributed by atoms with Gasteiger partial charge < -0.3 is 24.3 Å². The van der Waals surface area contributed by atoms with E-state index in [1.54, 1.807) is 0 Å². The molecule has 3 heterocycles. The molecule has 7 nitrogen and oxygen atoms in total. The summed E-state index contributed by atoms with van der Waals surface area (Å²) in [5.74, 6) is 2.41. The SMILES string of the molecule is C=C(NC1(CO)CC1)C1=C(/N=C/N2CCC(c3nc(-c4ccccc4)c(-c4ccccc4)o3)CC2)CC[S+]1[O-]. The van der Waals surface area contributed by atoms with Crippen molar-refractivity contribution in [2.75, 3.05) is 25.4 Å². The first-order valence-corrected chi connectivity index (χ1v) is 15.0. The Kier molecular flexibility index (Phi) is 7.34. The lowest BCUT2D eigenvalue weighted by molar-refractivity contribution is 0.239. The van der Waals surface area contributed by atoms with Crippen LogP contribution in [0.3, 0.4) is 0 Å². The predicted molar refractivity (Wildman–Crippen MR) is 155 cm³/mol. The monoisotopic (exact) mass is 542 g/mol. The van der Waals surface area contributed by atoms with Gasteiger partial charge in [0.2, 0.25) is 0 Å². The molecule has 6 rings (SSSR count). The van der Waals surface area contributed by atoms with Crippen LogP contribution in [0.25, 0.3) is 22.6 Å². The summed E-state index contributed by atoms with van der Waals surface area (Å²) >= 11 is -1.12. The smallest absolute Gasteiger partial charge is 0.198 e. The normalized spacial score (nSPS) is 21.1. The van der Waals surface area contributed by atoms with E-state index in [4.69, 9.17) is 14.4 Å². The summed E-state index contributed by atoms with van der Waals surface area (Å²) in [6, 6.07) is 20.4. The Morgan fingerprint density at radius 2 is 1.79 bits per heavy atom. The van der Waals surface area contributed by atoms with Crippen molar-refractivity contribution >= 4 is 17.5 Å². The van der Waals surface area contributed by atoms with Gasteiger partial charge in [-0.15, -0.1) is 0 Å². The molecular weight excluding hydrogens is 508 g/mol. The van der Waals surface area contributed by atoms with Crippen molar-refractivity contribution < 1.29 is 14.1 Å². The number of aliphatic hydroxyl groups excluding tert-OH is 1. The van der Waals surface area contributed by atoms with Crippen LogP contribution >= 0.6 is 0 Å². The molecule has 1 aromatic heterocycles. The second-order valence-corrected chi connectivity index (χ2v) is 12.1. The van der Waals surface area contributed by atoms with Crippen molar-refractivity contribution in [3.63, 3.8) is 0 Å². The zero-order valence-corrected chi connectivity index (χ0v) is 22.8. The van der Waals surface area contributed by atoms with Crippen LogP contribution in [0.15, 0.2) is 93.0 Å². The van der Waals surface area contributed by atoms with Crippen molar-refractivity contribution in [3.8, 4) is 22.6 Å². The van der Waals surface area contributed by atoms with Crippen LogP contribution < -0.4 is 5.32 Å². The Bertz CT molecular complexity index is 1320. The second kappa shape index (κ2) is 11.0. The minimum Gasteiger partial charge on any atom is -0.611 e. The fourth-order valence-electron chi connectivity index (χ4n) is 5.32. The third kappa shape index (κ3) is 5.55. The number of hydrogen-bond donors (Lipinski definition) is 2. The van der Waals surface area contributed by atoms with E-state index in [-0.39, 0.29) is 18.1 Å². The number of aromatic nitrogens is 1. The van der Waals surface area contributed by atoms with E-state index >= 15 is 0 Å². The molecule has 202 valence electrons. The molecule has 1 atom stereocenters. The highest BCUT2D eigenvalue weighted by Gasteiger charge is 2.44. The fraction of sp³-hybridized carbons (Fsp3) is 0.355. The Morgan fingerprint density at radius 3 is 2.44 bits per heavy atom. The number of oxazole rings is 1. The number of nitrogens with zero attached hydrogens (tertiary/aromatic N) is 3. The average molecular weight is 543 g/mol. The molecule has 0 radical (unpaired) electrons. The molecule has 3 aromatic rings. The summed E-state index contributed by atoms with van der Waals surface area (Å²) in [7, 11) is 0. The number of likely N-dealkylation sites (tertiary alicyclic amines) is 1. The van der Waals surface area contributed by atoms with Gasteiger partial charge in [-0.25, -0.2) is 9.98 Å². The first-order chi connectivity index (χ1) is 19.0. The second-order valence-electron chi connectivity index (χ2n) is 10.6. The van der Waals surface area contributed by atoms with Crippen molar-refractivity contribution in [1.82, 2.24) is 15.2 Å².